The molecule has 136 valence electrons. The lowest BCUT2D eigenvalue weighted by Gasteiger charge is -2.12. The van der Waals surface area contributed by atoms with Gasteiger partial charge in [0.25, 0.3) is 0 Å². The number of nitrogens with one attached hydrogen (secondary N) is 1. The molecular weight excluding hydrogens is 346 g/mol. The maximum atomic E-state index is 11.9. The van der Waals surface area contributed by atoms with Crippen LogP contribution in [0.2, 0.25) is 0 Å². The lowest BCUT2D eigenvalue weighted by atomic mass is 10.1. The van der Waals surface area contributed by atoms with Crippen molar-refractivity contribution < 1.29 is 24.1 Å². The fraction of sp³-hybridized carbons (Fsp3) is 0.188. The number of rotatable bonds is 7. The number of carbonyl (C=O) groups excluding carboxylic acids is 1. The molecule has 10 nitrogen and oxygen atoms in total. The topological polar surface area (TPSA) is 134 Å². The summed E-state index contributed by atoms with van der Waals surface area (Å²) in [5, 5.41) is 25.5. The number of benzene rings is 2. The average Bonchev–Trinajstić information content (AvgIpc) is 2.61. The Hall–Kier alpha value is -3.69. The van der Waals surface area contributed by atoms with Crippen LogP contribution in [0.25, 0.3) is 0 Å². The predicted molar refractivity (Wildman–Crippen MR) is 92.0 cm³/mol. The number of anilines is 2. The third kappa shape index (κ3) is 3.86. The first-order chi connectivity index (χ1) is 12.4. The molecule has 10 heteroatoms. The Morgan fingerprint density at radius 1 is 1.12 bits per heavy atom. The molecule has 0 spiro atoms. The monoisotopic (exact) mass is 361 g/mol. The molecule has 0 heterocycles. The molecular formula is C16H15N3O7. The molecule has 1 N–H and O–H groups in total. The Kier molecular flexibility index (Phi) is 5.68. The number of esters is 1. The summed E-state index contributed by atoms with van der Waals surface area (Å²) in [4.78, 5) is 33.1. The number of carbonyl (C=O) groups is 1. The van der Waals surface area contributed by atoms with E-state index >= 15 is 0 Å². The van der Waals surface area contributed by atoms with Crippen LogP contribution in [0.15, 0.2) is 36.4 Å². The van der Waals surface area contributed by atoms with Crippen molar-refractivity contribution in [2.45, 2.75) is 6.92 Å². The molecule has 0 radical (unpaired) electrons. The highest BCUT2D eigenvalue weighted by Crippen LogP contribution is 2.39. The van der Waals surface area contributed by atoms with E-state index in [-0.39, 0.29) is 17.9 Å². The zero-order valence-corrected chi connectivity index (χ0v) is 13.9. The molecule has 2 rings (SSSR count). The SMILES string of the molecule is CCOC(=O)c1cc([N+](=O)[O-])c(Nc2ccccc2OC)c([N+](=O)[O-])c1. The van der Waals surface area contributed by atoms with Crippen molar-refractivity contribution in [2.24, 2.45) is 0 Å². The molecule has 0 atom stereocenters. The standard InChI is InChI=1S/C16H15N3O7/c1-3-26-16(20)10-8-12(18(21)22)15(13(9-10)19(23)24)17-11-6-4-5-7-14(11)25-2/h4-9,17H,3H2,1-2H3. The van der Waals surface area contributed by atoms with Gasteiger partial charge in [0, 0.05) is 12.1 Å². The Labute approximate surface area is 147 Å². The maximum absolute atomic E-state index is 11.9. The molecule has 0 aliphatic carbocycles. The third-order valence-corrected chi connectivity index (χ3v) is 3.37. The van der Waals surface area contributed by atoms with Crippen molar-refractivity contribution in [1.29, 1.82) is 0 Å². The number of nitro benzene ring substituents is 2. The Morgan fingerprint density at radius 2 is 1.69 bits per heavy atom. The summed E-state index contributed by atoms with van der Waals surface area (Å²) >= 11 is 0. The van der Waals surface area contributed by atoms with E-state index in [1.807, 2.05) is 0 Å². The fourth-order valence-corrected chi connectivity index (χ4v) is 2.24. The van der Waals surface area contributed by atoms with Gasteiger partial charge in [-0.3, -0.25) is 20.2 Å². The minimum atomic E-state index is -0.887. The molecule has 0 aliphatic heterocycles. The van der Waals surface area contributed by atoms with Crippen molar-refractivity contribution in [2.75, 3.05) is 19.0 Å². The summed E-state index contributed by atoms with van der Waals surface area (Å²) in [5.41, 5.74) is -1.61. The zero-order valence-electron chi connectivity index (χ0n) is 13.9. The molecule has 0 bridgehead atoms. The number of nitrogens with zero attached hydrogens (tertiary/aromatic N) is 2. The normalized spacial score (nSPS) is 10.1. The lowest BCUT2D eigenvalue weighted by Crippen LogP contribution is -2.09. The zero-order chi connectivity index (χ0) is 19.3. The van der Waals surface area contributed by atoms with Crippen LogP contribution in [0.1, 0.15) is 17.3 Å². The molecule has 0 aromatic heterocycles. The van der Waals surface area contributed by atoms with Gasteiger partial charge in [-0.1, -0.05) is 12.1 Å². The van der Waals surface area contributed by atoms with E-state index in [0.29, 0.717) is 11.4 Å². The van der Waals surface area contributed by atoms with Gasteiger partial charge in [-0.25, -0.2) is 4.79 Å². The van der Waals surface area contributed by atoms with Gasteiger partial charge in [-0.2, -0.15) is 0 Å². The second kappa shape index (κ2) is 7.92. The van der Waals surface area contributed by atoms with Gasteiger partial charge in [-0.15, -0.1) is 0 Å². The van der Waals surface area contributed by atoms with Crippen LogP contribution in [-0.2, 0) is 4.74 Å². The molecule has 0 unspecified atom stereocenters. The second-order valence-corrected chi connectivity index (χ2v) is 4.95. The highest BCUT2D eigenvalue weighted by Gasteiger charge is 2.29. The van der Waals surface area contributed by atoms with E-state index in [1.165, 1.54) is 7.11 Å². The van der Waals surface area contributed by atoms with Gasteiger partial charge < -0.3 is 14.8 Å². The quantitative estimate of drug-likeness (QED) is 0.450. The summed E-state index contributed by atoms with van der Waals surface area (Å²) in [7, 11) is 1.40. The molecule has 2 aromatic rings. The van der Waals surface area contributed by atoms with Crippen molar-refractivity contribution in [3.63, 3.8) is 0 Å². The summed E-state index contributed by atoms with van der Waals surface area (Å²) in [6.45, 7) is 1.58. The highest BCUT2D eigenvalue weighted by atomic mass is 16.6. The molecule has 0 saturated heterocycles. The van der Waals surface area contributed by atoms with Crippen LogP contribution in [-0.4, -0.2) is 29.5 Å². The highest BCUT2D eigenvalue weighted by molar-refractivity contribution is 5.94. The molecule has 0 fully saturated rings. The number of nitro groups is 2. The van der Waals surface area contributed by atoms with Gasteiger partial charge in [-0.05, 0) is 19.1 Å². The van der Waals surface area contributed by atoms with Crippen LogP contribution in [0, 0.1) is 20.2 Å². The first-order valence-electron chi connectivity index (χ1n) is 7.43. The molecule has 0 saturated carbocycles. The molecule has 2 aromatic carbocycles. The van der Waals surface area contributed by atoms with Gasteiger partial charge >= 0.3 is 17.3 Å². The van der Waals surface area contributed by atoms with Crippen molar-refractivity contribution >= 4 is 28.7 Å². The molecule has 26 heavy (non-hydrogen) atoms. The average molecular weight is 361 g/mol. The van der Waals surface area contributed by atoms with Gasteiger partial charge in [0.2, 0.25) is 0 Å². The fourth-order valence-electron chi connectivity index (χ4n) is 2.24. The minimum absolute atomic E-state index is 0.0294. The first-order valence-corrected chi connectivity index (χ1v) is 7.43. The van der Waals surface area contributed by atoms with Crippen LogP contribution >= 0.6 is 0 Å². The van der Waals surface area contributed by atoms with Gasteiger partial charge in [0.15, 0.2) is 5.69 Å². The summed E-state index contributed by atoms with van der Waals surface area (Å²) < 4.78 is 9.90. The van der Waals surface area contributed by atoms with Gasteiger partial charge in [0.05, 0.1) is 34.8 Å². The Bertz CT molecular complexity index is 832. The summed E-state index contributed by atoms with van der Waals surface area (Å²) in [6, 6.07) is 8.32. The van der Waals surface area contributed by atoms with Gasteiger partial charge in [0.1, 0.15) is 5.75 Å². The maximum Gasteiger partial charge on any atom is 0.338 e. The van der Waals surface area contributed by atoms with E-state index in [4.69, 9.17) is 9.47 Å². The second-order valence-electron chi connectivity index (χ2n) is 4.95. The van der Waals surface area contributed by atoms with E-state index in [9.17, 15) is 25.0 Å². The van der Waals surface area contributed by atoms with Crippen LogP contribution in [0.4, 0.5) is 22.7 Å². The van der Waals surface area contributed by atoms with Crippen molar-refractivity contribution in [3.8, 4) is 5.75 Å². The smallest absolute Gasteiger partial charge is 0.338 e. The van der Waals surface area contributed by atoms with Crippen molar-refractivity contribution in [3.05, 3.63) is 62.2 Å². The van der Waals surface area contributed by atoms with Crippen LogP contribution < -0.4 is 10.1 Å². The Balaban J connectivity index is 2.64. The van der Waals surface area contributed by atoms with Crippen molar-refractivity contribution in [1.82, 2.24) is 0 Å². The van der Waals surface area contributed by atoms with E-state index in [0.717, 1.165) is 12.1 Å². The Morgan fingerprint density at radius 3 is 2.19 bits per heavy atom. The van der Waals surface area contributed by atoms with E-state index in [1.54, 1.807) is 31.2 Å². The summed E-state index contributed by atoms with van der Waals surface area (Å²) in [6.07, 6.45) is 0. The third-order valence-electron chi connectivity index (χ3n) is 3.37. The number of hydrogen-bond donors (Lipinski definition) is 1. The molecule has 0 aliphatic rings. The summed E-state index contributed by atoms with van der Waals surface area (Å²) in [5.74, 6) is -0.548. The van der Waals surface area contributed by atoms with E-state index < -0.39 is 27.2 Å². The largest absolute Gasteiger partial charge is 0.495 e. The van der Waals surface area contributed by atoms with E-state index in [2.05, 4.69) is 5.32 Å². The number of ether oxygens (including phenoxy) is 2. The number of para-hydroxylation sites is 2. The first kappa shape index (κ1) is 18.6. The van der Waals surface area contributed by atoms with Crippen LogP contribution in [0.5, 0.6) is 5.75 Å². The number of methoxy groups -OCH3 is 1. The van der Waals surface area contributed by atoms with Crippen LogP contribution in [0.3, 0.4) is 0 Å². The molecule has 0 amide bonds. The lowest BCUT2D eigenvalue weighted by molar-refractivity contribution is -0.392. The number of hydrogen-bond acceptors (Lipinski definition) is 8. The minimum Gasteiger partial charge on any atom is -0.495 e. The predicted octanol–water partition coefficient (Wildman–Crippen LogP) is 3.43.